The van der Waals surface area contributed by atoms with Gasteiger partial charge in [-0.05, 0) is 30.2 Å². The number of carbonyl (C=O) groups excluding carboxylic acids is 1. The first-order chi connectivity index (χ1) is 12.4. The van der Waals surface area contributed by atoms with Gasteiger partial charge in [-0.25, -0.2) is 5.01 Å². The van der Waals surface area contributed by atoms with Crippen molar-refractivity contribution in [1.29, 1.82) is 0 Å². The number of hydrogen-bond donors (Lipinski definition) is 1. The third-order valence-corrected chi connectivity index (χ3v) is 4.83. The van der Waals surface area contributed by atoms with E-state index in [0.29, 0.717) is 6.42 Å². The molecule has 0 spiro atoms. The summed E-state index contributed by atoms with van der Waals surface area (Å²) in [4.78, 5) is 23.4. The average Bonchev–Trinajstić information content (AvgIpc) is 3.05. The van der Waals surface area contributed by atoms with Crippen LogP contribution in [0.25, 0.3) is 0 Å². The van der Waals surface area contributed by atoms with Gasteiger partial charge in [0.05, 0.1) is 18.2 Å². The minimum atomic E-state index is -0.987. The highest BCUT2D eigenvalue weighted by molar-refractivity contribution is 9.10. The third kappa shape index (κ3) is 4.19. The smallest absolute Gasteiger partial charge is 0.303 e. The van der Waals surface area contributed by atoms with Crippen LogP contribution < -0.4 is 0 Å². The molecule has 0 aromatic heterocycles. The van der Waals surface area contributed by atoms with Crippen molar-refractivity contribution in [3.8, 4) is 0 Å². The van der Waals surface area contributed by atoms with Crippen LogP contribution in [-0.4, -0.2) is 27.7 Å². The second kappa shape index (κ2) is 7.83. The van der Waals surface area contributed by atoms with Crippen LogP contribution in [0.2, 0.25) is 0 Å². The van der Waals surface area contributed by atoms with Crippen LogP contribution in [0.1, 0.15) is 42.0 Å². The Bertz CT molecular complexity index is 862. The van der Waals surface area contributed by atoms with Crippen LogP contribution in [0, 0.1) is 6.92 Å². The van der Waals surface area contributed by atoms with Gasteiger partial charge in [-0.15, -0.1) is 0 Å². The fourth-order valence-electron chi connectivity index (χ4n) is 2.96. The molecule has 2 aromatic carbocycles. The van der Waals surface area contributed by atoms with Gasteiger partial charge < -0.3 is 5.11 Å². The summed E-state index contributed by atoms with van der Waals surface area (Å²) in [5, 5.41) is 14.9. The maximum Gasteiger partial charge on any atom is 0.303 e. The van der Waals surface area contributed by atoms with Crippen LogP contribution in [0.15, 0.2) is 58.1 Å². The van der Waals surface area contributed by atoms with Gasteiger partial charge in [-0.3, -0.25) is 9.59 Å². The standard InChI is InChI=1S/C20H19BrN2O3/c1-13-5-7-14(8-6-13)17-12-18(15-3-2-4-16(21)11-15)23(22-17)19(24)9-10-20(25)26/h2-8,11,18H,9-10,12H2,1H3,(H,25,26)/t18-/m0/s1. The molecule has 26 heavy (non-hydrogen) atoms. The Morgan fingerprint density at radius 2 is 1.92 bits per heavy atom. The zero-order valence-electron chi connectivity index (χ0n) is 14.4. The molecule has 3 rings (SSSR count). The first kappa shape index (κ1) is 18.3. The minimum Gasteiger partial charge on any atom is -0.481 e. The van der Waals surface area contributed by atoms with Crippen molar-refractivity contribution in [2.24, 2.45) is 5.10 Å². The van der Waals surface area contributed by atoms with Crippen molar-refractivity contribution >= 4 is 33.5 Å². The summed E-state index contributed by atoms with van der Waals surface area (Å²) >= 11 is 3.47. The Morgan fingerprint density at radius 1 is 1.19 bits per heavy atom. The molecule has 0 fully saturated rings. The zero-order valence-corrected chi connectivity index (χ0v) is 15.9. The monoisotopic (exact) mass is 414 g/mol. The molecular formula is C20H19BrN2O3. The lowest BCUT2D eigenvalue weighted by Crippen LogP contribution is -2.27. The lowest BCUT2D eigenvalue weighted by Gasteiger charge is -2.22. The molecule has 0 saturated carbocycles. The van der Waals surface area contributed by atoms with E-state index in [9.17, 15) is 9.59 Å². The molecule has 1 N–H and O–H groups in total. The Kier molecular flexibility index (Phi) is 5.52. The Balaban J connectivity index is 1.91. The first-order valence-electron chi connectivity index (χ1n) is 8.38. The quantitative estimate of drug-likeness (QED) is 0.792. The molecule has 1 heterocycles. The molecule has 6 heteroatoms. The number of carbonyl (C=O) groups is 2. The van der Waals surface area contributed by atoms with E-state index in [1.165, 1.54) is 5.01 Å². The number of aliphatic carboxylic acids is 1. The second-order valence-corrected chi connectivity index (χ2v) is 7.24. The van der Waals surface area contributed by atoms with Gasteiger partial charge in [0, 0.05) is 17.3 Å². The van der Waals surface area contributed by atoms with Crippen molar-refractivity contribution < 1.29 is 14.7 Å². The van der Waals surface area contributed by atoms with Gasteiger partial charge in [-0.1, -0.05) is 57.9 Å². The van der Waals surface area contributed by atoms with E-state index in [2.05, 4.69) is 21.0 Å². The van der Waals surface area contributed by atoms with Gasteiger partial charge in [0.1, 0.15) is 0 Å². The molecule has 134 valence electrons. The van der Waals surface area contributed by atoms with E-state index in [-0.39, 0.29) is 24.8 Å². The number of hydrogen-bond acceptors (Lipinski definition) is 3. The first-order valence-corrected chi connectivity index (χ1v) is 9.17. The molecule has 1 amide bonds. The molecule has 5 nitrogen and oxygen atoms in total. The topological polar surface area (TPSA) is 70.0 Å². The van der Waals surface area contributed by atoms with Crippen LogP contribution in [0.3, 0.4) is 0 Å². The summed E-state index contributed by atoms with van der Waals surface area (Å²) < 4.78 is 0.928. The number of aryl methyl sites for hydroxylation is 1. The highest BCUT2D eigenvalue weighted by atomic mass is 79.9. The number of amides is 1. The van der Waals surface area contributed by atoms with Gasteiger partial charge in [-0.2, -0.15) is 5.10 Å². The summed E-state index contributed by atoms with van der Waals surface area (Å²) in [7, 11) is 0. The van der Waals surface area contributed by atoms with Crippen molar-refractivity contribution in [3.05, 3.63) is 69.7 Å². The predicted molar refractivity (Wildman–Crippen MR) is 103 cm³/mol. The normalized spacial score (nSPS) is 16.5. The van der Waals surface area contributed by atoms with E-state index in [4.69, 9.17) is 5.11 Å². The highest BCUT2D eigenvalue weighted by Crippen LogP contribution is 2.34. The second-order valence-electron chi connectivity index (χ2n) is 6.32. The van der Waals surface area contributed by atoms with Gasteiger partial charge in [0.2, 0.25) is 5.91 Å². The molecule has 0 radical (unpaired) electrons. The number of carboxylic acid groups (broad SMARTS) is 1. The van der Waals surface area contributed by atoms with E-state index in [1.807, 2.05) is 55.5 Å². The zero-order chi connectivity index (χ0) is 18.7. The number of hydrazone groups is 1. The van der Waals surface area contributed by atoms with Crippen molar-refractivity contribution in [3.63, 3.8) is 0 Å². The number of halogens is 1. The van der Waals surface area contributed by atoms with E-state index >= 15 is 0 Å². The molecular weight excluding hydrogens is 396 g/mol. The van der Waals surface area contributed by atoms with Gasteiger partial charge in [0.25, 0.3) is 0 Å². The van der Waals surface area contributed by atoms with E-state index in [1.54, 1.807) is 0 Å². The average molecular weight is 415 g/mol. The molecule has 1 aliphatic rings. The molecule has 0 saturated heterocycles. The highest BCUT2D eigenvalue weighted by Gasteiger charge is 2.33. The molecule has 1 atom stereocenters. The van der Waals surface area contributed by atoms with Crippen molar-refractivity contribution in [1.82, 2.24) is 5.01 Å². The SMILES string of the molecule is Cc1ccc(C2=NN(C(=O)CCC(=O)O)[C@H](c3cccc(Br)c3)C2)cc1. The third-order valence-electron chi connectivity index (χ3n) is 4.34. The lowest BCUT2D eigenvalue weighted by molar-refractivity contribution is -0.141. The number of nitrogens with zero attached hydrogens (tertiary/aromatic N) is 2. The minimum absolute atomic E-state index is 0.0650. The summed E-state index contributed by atoms with van der Waals surface area (Å²) in [5.74, 6) is -1.27. The lowest BCUT2D eigenvalue weighted by atomic mass is 9.98. The van der Waals surface area contributed by atoms with Crippen molar-refractivity contribution in [2.45, 2.75) is 32.2 Å². The van der Waals surface area contributed by atoms with E-state index in [0.717, 1.165) is 26.9 Å². The van der Waals surface area contributed by atoms with Gasteiger partial charge >= 0.3 is 5.97 Å². The summed E-state index contributed by atoms with van der Waals surface area (Å²) in [6.45, 7) is 2.02. The van der Waals surface area contributed by atoms with Gasteiger partial charge in [0.15, 0.2) is 0 Å². The molecule has 1 aliphatic heterocycles. The van der Waals surface area contributed by atoms with Crippen LogP contribution in [0.5, 0.6) is 0 Å². The number of carboxylic acids is 1. The largest absolute Gasteiger partial charge is 0.481 e. The summed E-state index contributed by atoms with van der Waals surface area (Å²) in [5.41, 5.74) is 3.93. The predicted octanol–water partition coefficient (Wildman–Crippen LogP) is 4.30. The van der Waals surface area contributed by atoms with E-state index < -0.39 is 5.97 Å². The van der Waals surface area contributed by atoms with Crippen molar-refractivity contribution in [2.75, 3.05) is 0 Å². The maximum atomic E-state index is 12.6. The molecule has 0 aliphatic carbocycles. The number of rotatable bonds is 5. The Hall–Kier alpha value is -2.47. The Morgan fingerprint density at radius 3 is 2.58 bits per heavy atom. The van der Waals surface area contributed by atoms with Crippen LogP contribution in [-0.2, 0) is 9.59 Å². The van der Waals surface area contributed by atoms with Crippen LogP contribution >= 0.6 is 15.9 Å². The molecule has 2 aromatic rings. The summed E-state index contributed by atoms with van der Waals surface area (Å²) in [6, 6.07) is 15.6. The number of benzene rings is 2. The molecule has 0 unspecified atom stereocenters. The molecule has 0 bridgehead atoms. The maximum absolute atomic E-state index is 12.6. The summed E-state index contributed by atoms with van der Waals surface area (Å²) in [6.07, 6.45) is 0.332. The fraction of sp³-hybridized carbons (Fsp3) is 0.250. The van der Waals surface area contributed by atoms with Crippen LogP contribution in [0.4, 0.5) is 0 Å². The fourth-order valence-corrected chi connectivity index (χ4v) is 3.38. The Labute approximate surface area is 160 Å².